The first kappa shape index (κ1) is 31.1. The summed E-state index contributed by atoms with van der Waals surface area (Å²) >= 11 is 0. The minimum absolute atomic E-state index is 0.0327. The second-order valence-electron chi connectivity index (χ2n) is 12.8. The van der Waals surface area contributed by atoms with E-state index in [1.165, 1.54) is 10.5 Å². The highest BCUT2D eigenvalue weighted by Crippen LogP contribution is 2.54. The number of fused-ring (bicyclic) bond motifs is 3. The summed E-state index contributed by atoms with van der Waals surface area (Å²) in [7, 11) is 6.85. The van der Waals surface area contributed by atoms with E-state index >= 15 is 0 Å². The molecule has 4 atom stereocenters. The van der Waals surface area contributed by atoms with E-state index in [1.54, 1.807) is 20.2 Å². The molecule has 3 aliphatic rings. The fraction of sp³-hybridized carbons (Fsp3) is 0.424. The number of primary amides is 1. The summed E-state index contributed by atoms with van der Waals surface area (Å²) < 4.78 is 0. The van der Waals surface area contributed by atoms with Crippen LogP contribution in [-0.4, -0.2) is 82.6 Å². The van der Waals surface area contributed by atoms with Gasteiger partial charge in [0.1, 0.15) is 22.8 Å². The van der Waals surface area contributed by atoms with Gasteiger partial charge in [0.05, 0.1) is 17.3 Å². The molecule has 0 unspecified atom stereocenters. The third kappa shape index (κ3) is 4.62. The van der Waals surface area contributed by atoms with Gasteiger partial charge in [0.2, 0.25) is 5.78 Å². The van der Waals surface area contributed by atoms with Gasteiger partial charge in [-0.3, -0.25) is 19.3 Å². The molecule has 234 valence electrons. The van der Waals surface area contributed by atoms with Gasteiger partial charge in [-0.25, -0.2) is 0 Å². The maximum absolute atomic E-state index is 14.2. The van der Waals surface area contributed by atoms with Crippen molar-refractivity contribution in [2.75, 3.05) is 38.4 Å². The fourth-order valence-corrected chi connectivity index (χ4v) is 7.05. The molecule has 2 aromatic carbocycles. The van der Waals surface area contributed by atoms with E-state index in [4.69, 9.17) is 5.73 Å². The zero-order chi connectivity index (χ0) is 32.4. The number of nitrogens with zero attached hydrogens (tertiary/aromatic N) is 2. The van der Waals surface area contributed by atoms with Crippen LogP contribution in [0.3, 0.4) is 0 Å². The van der Waals surface area contributed by atoms with Crippen molar-refractivity contribution in [3.8, 4) is 5.75 Å². The van der Waals surface area contributed by atoms with Gasteiger partial charge in [-0.05, 0) is 61.5 Å². The SMILES string of the molecule is CC(C)c1ccc(CNc2cc(N(C)C)c3c(c2O)C(=O)C2=C(O)[C@]4(O)C(=O)C(C(N)=O)=C(O)[C@@H](N(C)C)[C@@H]4C[C@H]2C3)cc1. The summed E-state index contributed by atoms with van der Waals surface area (Å²) in [4.78, 5) is 43.3. The Labute approximate surface area is 256 Å². The van der Waals surface area contributed by atoms with Crippen LogP contribution in [0.15, 0.2) is 53.0 Å². The first-order valence-corrected chi connectivity index (χ1v) is 14.6. The molecule has 7 N–H and O–H groups in total. The van der Waals surface area contributed by atoms with Gasteiger partial charge in [-0.1, -0.05) is 38.1 Å². The zero-order valence-electron chi connectivity index (χ0n) is 25.8. The van der Waals surface area contributed by atoms with E-state index in [0.29, 0.717) is 29.4 Å². The van der Waals surface area contributed by atoms with E-state index in [0.717, 1.165) is 5.56 Å². The first-order chi connectivity index (χ1) is 20.6. The summed E-state index contributed by atoms with van der Waals surface area (Å²) in [5.41, 5.74) is 5.42. The van der Waals surface area contributed by atoms with Crippen LogP contribution in [-0.2, 0) is 22.6 Å². The quantitative estimate of drug-likeness (QED) is 0.203. The summed E-state index contributed by atoms with van der Waals surface area (Å²) in [6.07, 6.45) is 0.248. The smallest absolute Gasteiger partial charge is 0.255 e. The molecule has 0 bridgehead atoms. The summed E-state index contributed by atoms with van der Waals surface area (Å²) in [6, 6.07) is 8.83. The number of nitrogens with one attached hydrogen (secondary N) is 1. The number of ketones is 2. The van der Waals surface area contributed by atoms with Crippen molar-refractivity contribution < 1.29 is 34.8 Å². The number of anilines is 2. The molecule has 0 heterocycles. The number of hydrogen-bond donors (Lipinski definition) is 6. The third-order valence-corrected chi connectivity index (χ3v) is 9.31. The summed E-state index contributed by atoms with van der Waals surface area (Å²) in [5, 5.41) is 49.0. The van der Waals surface area contributed by atoms with Gasteiger partial charge in [-0.2, -0.15) is 0 Å². The Morgan fingerprint density at radius 2 is 1.73 bits per heavy atom. The lowest BCUT2D eigenvalue weighted by atomic mass is 9.58. The van der Waals surface area contributed by atoms with Crippen LogP contribution in [0.1, 0.15) is 53.2 Å². The van der Waals surface area contributed by atoms with Crippen molar-refractivity contribution in [2.24, 2.45) is 17.6 Å². The maximum Gasteiger partial charge on any atom is 0.255 e. The van der Waals surface area contributed by atoms with Crippen molar-refractivity contribution in [1.82, 2.24) is 4.90 Å². The molecule has 0 fully saturated rings. The van der Waals surface area contributed by atoms with Crippen molar-refractivity contribution in [1.29, 1.82) is 0 Å². The Hall–Kier alpha value is -4.35. The number of hydrogen-bond acceptors (Lipinski definition) is 10. The topological polar surface area (TPSA) is 177 Å². The van der Waals surface area contributed by atoms with E-state index in [9.17, 15) is 34.8 Å². The van der Waals surface area contributed by atoms with Gasteiger partial charge < -0.3 is 36.4 Å². The lowest BCUT2D eigenvalue weighted by Crippen LogP contribution is -2.63. The van der Waals surface area contributed by atoms with Crippen molar-refractivity contribution in [3.63, 3.8) is 0 Å². The van der Waals surface area contributed by atoms with Crippen LogP contribution in [0.2, 0.25) is 0 Å². The van der Waals surface area contributed by atoms with E-state index < -0.39 is 58.0 Å². The number of phenolic OH excluding ortho intramolecular Hbond substituents is 1. The highest BCUT2D eigenvalue weighted by atomic mass is 16.3. The van der Waals surface area contributed by atoms with Crippen molar-refractivity contribution in [2.45, 2.75) is 50.8 Å². The molecular weight excluding hydrogens is 564 g/mol. The number of phenols is 1. The van der Waals surface area contributed by atoms with Crippen LogP contribution in [0.4, 0.5) is 11.4 Å². The monoisotopic (exact) mass is 604 g/mol. The molecule has 11 heteroatoms. The molecule has 11 nitrogen and oxygen atoms in total. The molecule has 1 amide bonds. The van der Waals surface area contributed by atoms with Gasteiger partial charge in [0, 0.05) is 37.8 Å². The first-order valence-electron chi connectivity index (χ1n) is 14.6. The van der Waals surface area contributed by atoms with Gasteiger partial charge in [-0.15, -0.1) is 0 Å². The second-order valence-corrected chi connectivity index (χ2v) is 12.8. The molecule has 2 aromatic rings. The van der Waals surface area contributed by atoms with Crippen LogP contribution >= 0.6 is 0 Å². The molecule has 0 radical (unpaired) electrons. The molecule has 0 saturated heterocycles. The molecular formula is C33H40N4O7. The van der Waals surface area contributed by atoms with Crippen LogP contribution in [0.25, 0.3) is 0 Å². The van der Waals surface area contributed by atoms with Crippen LogP contribution in [0.5, 0.6) is 5.75 Å². The maximum atomic E-state index is 14.2. The average molecular weight is 605 g/mol. The second kappa shape index (κ2) is 11.0. The van der Waals surface area contributed by atoms with Gasteiger partial charge in [0.25, 0.3) is 5.91 Å². The third-order valence-electron chi connectivity index (χ3n) is 9.31. The van der Waals surface area contributed by atoms with Crippen LogP contribution < -0.4 is 16.0 Å². The minimum Gasteiger partial charge on any atom is -0.510 e. The number of carbonyl (C=O) groups is 3. The fourth-order valence-electron chi connectivity index (χ4n) is 7.05. The number of benzene rings is 2. The average Bonchev–Trinajstić information content (AvgIpc) is 2.94. The number of likely N-dealkylation sites (N-methyl/N-ethyl adjacent to an activating group) is 1. The van der Waals surface area contributed by atoms with Crippen LogP contribution in [0, 0.1) is 11.8 Å². The van der Waals surface area contributed by atoms with E-state index in [1.807, 2.05) is 43.3 Å². The van der Waals surface area contributed by atoms with Crippen molar-refractivity contribution >= 4 is 28.8 Å². The molecule has 0 aromatic heterocycles. The summed E-state index contributed by atoms with van der Waals surface area (Å²) in [6.45, 7) is 4.60. The molecule has 0 saturated carbocycles. The Balaban J connectivity index is 1.61. The minimum atomic E-state index is -2.68. The Bertz CT molecular complexity index is 1620. The predicted octanol–water partition coefficient (Wildman–Crippen LogP) is 2.92. The number of aliphatic hydroxyl groups excluding tert-OH is 2. The van der Waals surface area contributed by atoms with E-state index in [-0.39, 0.29) is 29.7 Å². The lowest BCUT2D eigenvalue weighted by molar-refractivity contribution is -0.148. The number of aromatic hydroxyl groups is 1. The standard InChI is InChI=1S/C33H40N4O7/c1-15(2)17-9-7-16(8-10-17)14-35-21-13-22(36(3)4)19-11-18-12-20-26(37(5)6)29(40)25(32(34)43)31(42)33(20,44)30(41)23(18)28(39)24(19)27(21)38/h7-10,13,15,18,20,26,35,38,40-41,44H,11-12,14H2,1-6H3,(H2,34,43)/t18-,20+,26+,33+/m1/s1. The Morgan fingerprint density at radius 3 is 2.27 bits per heavy atom. The number of Topliss-reactive ketones (excluding diaryl/α,β-unsaturated/α-hetero) is 2. The Morgan fingerprint density at radius 1 is 1.09 bits per heavy atom. The predicted molar refractivity (Wildman–Crippen MR) is 166 cm³/mol. The highest BCUT2D eigenvalue weighted by Gasteiger charge is 2.63. The number of nitrogens with two attached hydrogens (primary N) is 1. The zero-order valence-corrected chi connectivity index (χ0v) is 25.8. The molecule has 44 heavy (non-hydrogen) atoms. The van der Waals surface area contributed by atoms with Gasteiger partial charge in [0.15, 0.2) is 11.4 Å². The summed E-state index contributed by atoms with van der Waals surface area (Å²) in [5.74, 6) is -6.35. The number of rotatable bonds is 7. The lowest BCUT2D eigenvalue weighted by Gasteiger charge is -2.50. The highest BCUT2D eigenvalue weighted by molar-refractivity contribution is 6.25. The number of amides is 1. The molecule has 5 rings (SSSR count). The molecule has 3 aliphatic carbocycles. The molecule has 0 spiro atoms. The molecule has 0 aliphatic heterocycles. The van der Waals surface area contributed by atoms with E-state index in [2.05, 4.69) is 19.2 Å². The number of allylic oxidation sites excluding steroid dienone is 1. The Kier molecular flexibility index (Phi) is 7.75. The number of carbonyl (C=O) groups excluding carboxylic acids is 3. The van der Waals surface area contributed by atoms with Crippen molar-refractivity contribution in [3.05, 3.63) is 75.3 Å². The normalized spacial score (nSPS) is 24.8. The van der Waals surface area contributed by atoms with Gasteiger partial charge >= 0.3 is 0 Å². The number of aliphatic hydroxyl groups is 3. The largest absolute Gasteiger partial charge is 0.510 e.